The zero-order chi connectivity index (χ0) is 16.9. The molecule has 1 amide bonds. The maximum absolute atomic E-state index is 12.2. The number of likely N-dealkylation sites (tertiary alicyclic amines) is 1. The van der Waals surface area contributed by atoms with Crippen molar-refractivity contribution in [1.29, 1.82) is 0 Å². The monoisotopic (exact) mass is 325 g/mol. The van der Waals surface area contributed by atoms with Crippen molar-refractivity contribution in [3.63, 3.8) is 0 Å². The smallest absolute Gasteiger partial charge is 0.251 e. The Bertz CT molecular complexity index is 701. The summed E-state index contributed by atoms with van der Waals surface area (Å²) in [4.78, 5) is 22.7. The summed E-state index contributed by atoms with van der Waals surface area (Å²) in [7, 11) is 2.15. The molecule has 1 saturated heterocycles. The van der Waals surface area contributed by atoms with Crippen LogP contribution in [0.15, 0.2) is 36.7 Å². The second-order valence-electron chi connectivity index (χ2n) is 6.23. The van der Waals surface area contributed by atoms with Gasteiger partial charge in [-0.25, -0.2) is 9.97 Å². The van der Waals surface area contributed by atoms with E-state index < -0.39 is 0 Å². The number of aromatic nitrogens is 2. The summed E-state index contributed by atoms with van der Waals surface area (Å²) in [5.41, 5.74) is 7.98. The van der Waals surface area contributed by atoms with Crippen LogP contribution in [-0.2, 0) is 0 Å². The summed E-state index contributed by atoms with van der Waals surface area (Å²) in [6.45, 7) is 1.87. The van der Waals surface area contributed by atoms with Crippen molar-refractivity contribution in [3.05, 3.63) is 42.2 Å². The first-order valence-electron chi connectivity index (χ1n) is 8.30. The number of benzene rings is 1. The minimum absolute atomic E-state index is 0.0376. The van der Waals surface area contributed by atoms with Gasteiger partial charge in [0.25, 0.3) is 5.91 Å². The molecule has 3 N–H and O–H groups in total. The number of nitrogen functional groups attached to an aromatic ring is 1. The number of rotatable bonds is 5. The Morgan fingerprint density at radius 1 is 1.33 bits per heavy atom. The van der Waals surface area contributed by atoms with Gasteiger partial charge in [-0.1, -0.05) is 12.1 Å². The fourth-order valence-electron chi connectivity index (χ4n) is 3.12. The second-order valence-corrected chi connectivity index (χ2v) is 6.23. The van der Waals surface area contributed by atoms with Crippen LogP contribution in [0, 0.1) is 0 Å². The quantitative estimate of drug-likeness (QED) is 0.877. The lowest BCUT2D eigenvalue weighted by atomic mass is 10.1. The Balaban J connectivity index is 1.56. The molecule has 3 rings (SSSR count). The molecular formula is C18H23N5O. The molecule has 1 aromatic carbocycles. The molecule has 1 aliphatic rings. The maximum Gasteiger partial charge on any atom is 0.251 e. The number of hydrogen-bond acceptors (Lipinski definition) is 5. The van der Waals surface area contributed by atoms with Gasteiger partial charge in [0, 0.05) is 29.8 Å². The second kappa shape index (κ2) is 7.40. The van der Waals surface area contributed by atoms with Gasteiger partial charge in [0.05, 0.1) is 5.69 Å². The van der Waals surface area contributed by atoms with Crippen LogP contribution in [-0.4, -0.2) is 47.0 Å². The number of hydrogen-bond donors (Lipinski definition) is 2. The van der Waals surface area contributed by atoms with Crippen LogP contribution in [0.3, 0.4) is 0 Å². The number of carbonyl (C=O) groups is 1. The van der Waals surface area contributed by atoms with Gasteiger partial charge in [-0.2, -0.15) is 0 Å². The lowest BCUT2D eigenvalue weighted by molar-refractivity contribution is 0.0950. The Morgan fingerprint density at radius 2 is 2.12 bits per heavy atom. The minimum atomic E-state index is -0.0376. The van der Waals surface area contributed by atoms with E-state index in [4.69, 9.17) is 5.73 Å². The highest BCUT2D eigenvalue weighted by atomic mass is 16.1. The normalized spacial score (nSPS) is 17.8. The lowest BCUT2D eigenvalue weighted by Crippen LogP contribution is -2.31. The molecule has 0 bridgehead atoms. The van der Waals surface area contributed by atoms with Crippen LogP contribution < -0.4 is 11.1 Å². The average Bonchev–Trinajstić information content (AvgIpc) is 3.00. The summed E-state index contributed by atoms with van der Waals surface area (Å²) in [5, 5.41) is 3.00. The van der Waals surface area contributed by atoms with Crippen LogP contribution in [0.2, 0.25) is 0 Å². The van der Waals surface area contributed by atoms with Crippen LogP contribution in [0.5, 0.6) is 0 Å². The molecule has 6 heteroatoms. The lowest BCUT2D eigenvalue weighted by Gasteiger charge is -2.19. The van der Waals surface area contributed by atoms with Gasteiger partial charge in [-0.15, -0.1) is 0 Å². The third kappa shape index (κ3) is 3.89. The first-order chi connectivity index (χ1) is 11.6. The zero-order valence-corrected chi connectivity index (χ0v) is 13.9. The fraction of sp³-hybridized carbons (Fsp3) is 0.389. The molecule has 0 radical (unpaired) electrons. The largest absolute Gasteiger partial charge is 0.384 e. The highest BCUT2D eigenvalue weighted by Crippen LogP contribution is 2.19. The van der Waals surface area contributed by atoms with Crippen molar-refractivity contribution >= 4 is 11.7 Å². The molecule has 0 spiro atoms. The average molecular weight is 325 g/mol. The van der Waals surface area contributed by atoms with Gasteiger partial charge < -0.3 is 16.0 Å². The molecule has 2 aromatic rings. The van der Waals surface area contributed by atoms with Crippen molar-refractivity contribution in [2.75, 3.05) is 25.9 Å². The molecular weight excluding hydrogens is 302 g/mol. The maximum atomic E-state index is 12.2. The fourth-order valence-corrected chi connectivity index (χ4v) is 3.12. The van der Waals surface area contributed by atoms with Gasteiger partial charge in [-0.05, 0) is 45.0 Å². The molecule has 126 valence electrons. The van der Waals surface area contributed by atoms with Crippen molar-refractivity contribution in [2.24, 2.45) is 0 Å². The molecule has 1 aromatic heterocycles. The molecule has 1 fully saturated rings. The standard InChI is InChI=1S/C18H23N5O/c1-23-10-2-3-15(23)8-9-20-18(24)14-6-4-13(5-7-14)16-11-17(19)22-12-21-16/h4-7,11-12,15H,2-3,8-10H2,1H3,(H,20,24)(H2,19,21,22). The predicted molar refractivity (Wildman–Crippen MR) is 94.5 cm³/mol. The number of nitrogens with two attached hydrogens (primary N) is 1. The van der Waals surface area contributed by atoms with E-state index in [1.807, 2.05) is 24.3 Å². The minimum Gasteiger partial charge on any atom is -0.384 e. The number of amides is 1. The summed E-state index contributed by atoms with van der Waals surface area (Å²) in [6.07, 6.45) is 4.92. The molecule has 1 aliphatic heterocycles. The van der Waals surface area contributed by atoms with E-state index in [0.29, 0.717) is 24.0 Å². The predicted octanol–water partition coefficient (Wildman–Crippen LogP) is 1.94. The third-order valence-corrected chi connectivity index (χ3v) is 4.57. The summed E-state index contributed by atoms with van der Waals surface area (Å²) in [6, 6.07) is 9.68. The van der Waals surface area contributed by atoms with Crippen molar-refractivity contribution in [1.82, 2.24) is 20.2 Å². The van der Waals surface area contributed by atoms with Gasteiger partial charge in [0.2, 0.25) is 0 Å². The van der Waals surface area contributed by atoms with E-state index in [-0.39, 0.29) is 5.91 Å². The summed E-state index contributed by atoms with van der Waals surface area (Å²) < 4.78 is 0. The SMILES string of the molecule is CN1CCCC1CCNC(=O)c1ccc(-c2cc(N)ncn2)cc1. The number of nitrogens with zero attached hydrogens (tertiary/aromatic N) is 3. The first-order valence-corrected chi connectivity index (χ1v) is 8.30. The Hall–Kier alpha value is -2.47. The Kier molecular flexibility index (Phi) is 5.05. The first kappa shape index (κ1) is 16.4. The summed E-state index contributed by atoms with van der Waals surface area (Å²) >= 11 is 0. The Labute approximate surface area is 142 Å². The van der Waals surface area contributed by atoms with Gasteiger partial charge in [0.1, 0.15) is 12.1 Å². The summed E-state index contributed by atoms with van der Waals surface area (Å²) in [5.74, 6) is 0.392. The van der Waals surface area contributed by atoms with Crippen LogP contribution in [0.25, 0.3) is 11.3 Å². The van der Waals surface area contributed by atoms with Crippen molar-refractivity contribution in [3.8, 4) is 11.3 Å². The van der Waals surface area contributed by atoms with Gasteiger partial charge >= 0.3 is 0 Å². The van der Waals surface area contributed by atoms with Gasteiger partial charge in [0.15, 0.2) is 0 Å². The van der Waals surface area contributed by atoms with E-state index in [9.17, 15) is 4.79 Å². The number of nitrogens with one attached hydrogen (secondary N) is 1. The Morgan fingerprint density at radius 3 is 2.79 bits per heavy atom. The molecule has 1 unspecified atom stereocenters. The molecule has 24 heavy (non-hydrogen) atoms. The molecule has 1 atom stereocenters. The topological polar surface area (TPSA) is 84.1 Å². The van der Waals surface area contributed by atoms with E-state index in [0.717, 1.165) is 24.2 Å². The van der Waals surface area contributed by atoms with Gasteiger partial charge in [-0.3, -0.25) is 4.79 Å². The van der Waals surface area contributed by atoms with E-state index in [2.05, 4.69) is 27.2 Å². The van der Waals surface area contributed by atoms with Crippen molar-refractivity contribution < 1.29 is 4.79 Å². The van der Waals surface area contributed by atoms with Crippen molar-refractivity contribution in [2.45, 2.75) is 25.3 Å². The number of carbonyl (C=O) groups excluding carboxylic acids is 1. The molecule has 0 aliphatic carbocycles. The molecule has 6 nitrogen and oxygen atoms in total. The molecule has 2 heterocycles. The third-order valence-electron chi connectivity index (χ3n) is 4.57. The molecule has 0 saturated carbocycles. The highest BCUT2D eigenvalue weighted by molar-refractivity contribution is 5.94. The zero-order valence-electron chi connectivity index (χ0n) is 13.9. The van der Waals surface area contributed by atoms with Crippen LogP contribution in [0.1, 0.15) is 29.6 Å². The number of anilines is 1. The van der Waals surface area contributed by atoms with E-state index in [1.165, 1.54) is 19.2 Å². The van der Waals surface area contributed by atoms with E-state index in [1.54, 1.807) is 6.07 Å². The highest BCUT2D eigenvalue weighted by Gasteiger charge is 2.20. The van der Waals surface area contributed by atoms with E-state index >= 15 is 0 Å². The van der Waals surface area contributed by atoms with Crippen LogP contribution in [0.4, 0.5) is 5.82 Å². The van der Waals surface area contributed by atoms with Crippen LogP contribution >= 0.6 is 0 Å².